The number of nitrogens with zero attached hydrogens (tertiary/aromatic N) is 2. The fourth-order valence-corrected chi connectivity index (χ4v) is 5.37. The van der Waals surface area contributed by atoms with Crippen LogP contribution in [0.5, 0.6) is 5.75 Å². The Hall–Kier alpha value is -2.52. The Morgan fingerprint density at radius 3 is 2.83 bits per heavy atom. The number of nitrogens with two attached hydrogens (primary N) is 1. The highest BCUT2D eigenvalue weighted by atomic mass is 32.2. The van der Waals surface area contributed by atoms with Crippen molar-refractivity contribution in [2.24, 2.45) is 16.8 Å². The molecule has 0 fully saturated rings. The number of halogens is 3. The predicted octanol–water partition coefficient (Wildman–Crippen LogP) is 3.57. The third kappa shape index (κ3) is 3.08. The summed E-state index contributed by atoms with van der Waals surface area (Å²) in [6.45, 7) is 1.73. The second-order valence-corrected chi connectivity index (χ2v) is 8.07. The van der Waals surface area contributed by atoms with Gasteiger partial charge in [0.1, 0.15) is 16.7 Å². The molecule has 0 saturated carbocycles. The van der Waals surface area contributed by atoms with Crippen LogP contribution < -0.4 is 10.5 Å². The van der Waals surface area contributed by atoms with Gasteiger partial charge >= 0.3 is 0 Å². The fourth-order valence-electron chi connectivity index (χ4n) is 3.81. The number of ether oxygens (including phenoxy) is 1. The van der Waals surface area contributed by atoms with Gasteiger partial charge in [-0.05, 0) is 37.2 Å². The molecule has 4 rings (SSSR count). The first kappa shape index (κ1) is 19.8. The zero-order valence-corrected chi connectivity index (χ0v) is 16.3. The van der Waals surface area contributed by atoms with Gasteiger partial charge in [-0.15, -0.1) is 0 Å². The van der Waals surface area contributed by atoms with Crippen LogP contribution in [0.15, 0.2) is 41.5 Å². The molecule has 0 unspecified atom stereocenters. The van der Waals surface area contributed by atoms with Gasteiger partial charge in [0.2, 0.25) is 5.91 Å². The highest BCUT2D eigenvalue weighted by Crippen LogP contribution is 2.57. The quantitative estimate of drug-likeness (QED) is 0.823. The summed E-state index contributed by atoms with van der Waals surface area (Å²) in [7, 11) is 0. The number of thioether (sulfide) groups is 1. The Morgan fingerprint density at radius 2 is 2.10 bits per heavy atom. The van der Waals surface area contributed by atoms with Crippen molar-refractivity contribution >= 4 is 22.7 Å². The lowest BCUT2D eigenvalue weighted by atomic mass is 9.86. The first-order valence-corrected chi connectivity index (χ1v) is 9.85. The van der Waals surface area contributed by atoms with Crippen LogP contribution in [-0.2, 0) is 9.67 Å². The van der Waals surface area contributed by atoms with Crippen molar-refractivity contribution in [1.82, 2.24) is 5.01 Å². The van der Waals surface area contributed by atoms with E-state index in [9.17, 15) is 18.0 Å². The summed E-state index contributed by atoms with van der Waals surface area (Å²) < 4.78 is 48.4. The number of fused-ring (bicyclic) bond motifs is 2. The first-order chi connectivity index (χ1) is 13.9. The number of carbonyl (C=O) groups excluding carboxylic acids is 1. The molecule has 2 atom stereocenters. The van der Waals surface area contributed by atoms with Crippen LogP contribution >= 0.6 is 11.8 Å². The minimum Gasteiger partial charge on any atom is -0.490 e. The van der Waals surface area contributed by atoms with E-state index < -0.39 is 28.2 Å². The van der Waals surface area contributed by atoms with Crippen LogP contribution in [0.2, 0.25) is 0 Å². The maximum Gasteiger partial charge on any atom is 0.241 e. The third-order valence-corrected chi connectivity index (χ3v) is 6.60. The molecule has 2 aliphatic heterocycles. The van der Waals surface area contributed by atoms with E-state index in [1.165, 1.54) is 24.1 Å². The van der Waals surface area contributed by atoms with Crippen LogP contribution in [-0.4, -0.2) is 29.1 Å². The van der Waals surface area contributed by atoms with Gasteiger partial charge in [0.05, 0.1) is 6.61 Å². The highest BCUT2D eigenvalue weighted by Gasteiger charge is 2.56. The Morgan fingerprint density at radius 1 is 1.31 bits per heavy atom. The van der Waals surface area contributed by atoms with Crippen molar-refractivity contribution in [3.8, 4) is 5.75 Å². The second-order valence-electron chi connectivity index (χ2n) is 6.86. The van der Waals surface area contributed by atoms with E-state index in [-0.39, 0.29) is 28.9 Å². The van der Waals surface area contributed by atoms with Crippen molar-refractivity contribution in [3.05, 3.63) is 65.0 Å². The summed E-state index contributed by atoms with van der Waals surface area (Å²) in [5.74, 6) is -2.59. The van der Waals surface area contributed by atoms with Crippen molar-refractivity contribution in [3.63, 3.8) is 0 Å². The minimum absolute atomic E-state index is 0.0238. The van der Waals surface area contributed by atoms with Gasteiger partial charge in [0.25, 0.3) is 0 Å². The van der Waals surface area contributed by atoms with E-state index >= 15 is 0 Å². The van der Waals surface area contributed by atoms with Crippen LogP contribution in [0, 0.1) is 23.4 Å². The van der Waals surface area contributed by atoms with Gasteiger partial charge in [0, 0.05) is 24.0 Å². The smallest absolute Gasteiger partial charge is 0.241 e. The normalized spacial score (nSPS) is 23.0. The molecule has 9 heteroatoms. The molecule has 0 saturated heterocycles. The van der Waals surface area contributed by atoms with Crippen molar-refractivity contribution in [2.45, 2.75) is 18.2 Å². The summed E-state index contributed by atoms with van der Waals surface area (Å²) in [6.07, 6.45) is 0.459. The van der Waals surface area contributed by atoms with Gasteiger partial charge in [0.15, 0.2) is 16.4 Å². The molecule has 0 aliphatic carbocycles. The molecule has 2 aromatic carbocycles. The molecule has 2 N–H and O–H groups in total. The Kier molecular flexibility index (Phi) is 5.04. The molecule has 5 nitrogen and oxygen atoms in total. The molecule has 2 aromatic rings. The molecule has 29 heavy (non-hydrogen) atoms. The zero-order valence-electron chi connectivity index (χ0n) is 15.5. The highest BCUT2D eigenvalue weighted by molar-refractivity contribution is 8.15. The number of hydrogen-bond acceptors (Lipinski definition) is 5. The number of hydrazone groups is 1. The summed E-state index contributed by atoms with van der Waals surface area (Å²) in [5, 5.41) is 5.69. The van der Waals surface area contributed by atoms with Crippen LogP contribution in [0.3, 0.4) is 0 Å². The summed E-state index contributed by atoms with van der Waals surface area (Å²) in [4.78, 5) is 11.4. The summed E-state index contributed by atoms with van der Waals surface area (Å²) in [6, 6.07) is 7.48. The summed E-state index contributed by atoms with van der Waals surface area (Å²) in [5.41, 5.74) is 6.14. The van der Waals surface area contributed by atoms with Gasteiger partial charge in [-0.2, -0.15) is 5.10 Å². The molecule has 0 bridgehead atoms. The lowest BCUT2D eigenvalue weighted by Gasteiger charge is -2.45. The van der Waals surface area contributed by atoms with E-state index in [1.54, 1.807) is 6.07 Å². The maximum absolute atomic E-state index is 14.5. The predicted molar refractivity (Wildman–Crippen MR) is 104 cm³/mol. The molecule has 152 valence electrons. The monoisotopic (exact) mass is 421 g/mol. The number of rotatable bonds is 3. The number of para-hydroxylation sites is 1. The van der Waals surface area contributed by atoms with Crippen molar-refractivity contribution in [2.75, 3.05) is 13.2 Å². The average molecular weight is 421 g/mol. The Bertz CT molecular complexity index is 1020. The molecular weight excluding hydrogens is 403 g/mol. The number of carbonyl (C=O) groups is 1. The van der Waals surface area contributed by atoms with E-state index in [0.717, 1.165) is 30.0 Å². The van der Waals surface area contributed by atoms with Gasteiger partial charge in [-0.1, -0.05) is 23.9 Å². The molecule has 1 amide bonds. The standard InChI is InChI=1S/C20H18F3N3O2S/c1-11(27)26-20(29-19(25-26)14-9-13(21)5-6-16(14)22)12(7-8-24)10-28-18-15(20)3-2-4-17(18)23/h2-6,9,12H,7-8,10,24H2,1H3/t12-,20+/m0/s1. The lowest BCUT2D eigenvalue weighted by molar-refractivity contribution is -0.134. The van der Waals surface area contributed by atoms with Crippen molar-refractivity contribution < 1.29 is 22.7 Å². The molecule has 0 radical (unpaired) electrons. The van der Waals surface area contributed by atoms with Gasteiger partial charge < -0.3 is 10.5 Å². The molecule has 0 aromatic heterocycles. The lowest BCUT2D eigenvalue weighted by Crippen LogP contribution is -2.51. The molecule has 2 heterocycles. The Labute approximate surface area is 169 Å². The van der Waals surface area contributed by atoms with Crippen molar-refractivity contribution in [1.29, 1.82) is 0 Å². The van der Waals surface area contributed by atoms with E-state index in [1.807, 2.05) is 0 Å². The molecular formula is C20H18F3N3O2S. The number of hydrogen-bond donors (Lipinski definition) is 1. The SMILES string of the molecule is CC(=O)N1N=C(c2cc(F)ccc2F)S[C@]12c1cccc(F)c1OC[C@@H]2CCN. The van der Waals surface area contributed by atoms with E-state index in [2.05, 4.69) is 5.10 Å². The average Bonchev–Trinajstić information content (AvgIpc) is 3.08. The molecule has 1 spiro atoms. The van der Waals surface area contributed by atoms with E-state index in [4.69, 9.17) is 10.5 Å². The van der Waals surface area contributed by atoms with Gasteiger partial charge in [-0.25, -0.2) is 18.2 Å². The van der Waals surface area contributed by atoms with E-state index in [0.29, 0.717) is 18.5 Å². The van der Waals surface area contributed by atoms with Gasteiger partial charge in [-0.3, -0.25) is 4.79 Å². The number of amides is 1. The number of benzene rings is 2. The zero-order chi connectivity index (χ0) is 20.8. The second kappa shape index (κ2) is 7.38. The summed E-state index contributed by atoms with van der Waals surface area (Å²) >= 11 is 1.09. The fraction of sp³-hybridized carbons (Fsp3) is 0.300. The van der Waals surface area contributed by atoms with Crippen LogP contribution in [0.4, 0.5) is 13.2 Å². The van der Waals surface area contributed by atoms with Crippen LogP contribution in [0.25, 0.3) is 0 Å². The first-order valence-electron chi connectivity index (χ1n) is 9.04. The molecule has 2 aliphatic rings. The topological polar surface area (TPSA) is 67.9 Å². The Balaban J connectivity index is 1.92. The maximum atomic E-state index is 14.5. The van der Waals surface area contributed by atoms with Crippen LogP contribution in [0.1, 0.15) is 24.5 Å². The minimum atomic E-state index is -1.17. The largest absolute Gasteiger partial charge is 0.490 e. The third-order valence-electron chi connectivity index (χ3n) is 5.07.